The van der Waals surface area contributed by atoms with Gasteiger partial charge in [0, 0.05) is 12.4 Å². The third-order valence-electron chi connectivity index (χ3n) is 2.77. The fourth-order valence-electron chi connectivity index (χ4n) is 2.08. The Labute approximate surface area is 72.4 Å². The molecular formula is C9H15N3. The number of hydrogen-bond donors (Lipinski definition) is 2. The fourth-order valence-corrected chi connectivity index (χ4v) is 2.08. The van der Waals surface area contributed by atoms with E-state index in [2.05, 4.69) is 16.9 Å². The van der Waals surface area contributed by atoms with Crippen LogP contribution in [0.3, 0.4) is 0 Å². The molecule has 2 atom stereocenters. The molecule has 1 aliphatic rings. The Morgan fingerprint density at radius 1 is 1.75 bits per heavy atom. The van der Waals surface area contributed by atoms with Crippen molar-refractivity contribution in [1.29, 1.82) is 0 Å². The first-order valence-electron chi connectivity index (χ1n) is 4.49. The molecule has 1 aromatic heterocycles. The van der Waals surface area contributed by atoms with Gasteiger partial charge in [-0.05, 0) is 25.2 Å². The molecule has 1 aliphatic carbocycles. The van der Waals surface area contributed by atoms with Crippen molar-refractivity contribution in [2.75, 3.05) is 0 Å². The number of aromatic nitrogens is 2. The highest BCUT2D eigenvalue weighted by atomic mass is 15.0. The number of nitrogens with two attached hydrogens (primary N) is 1. The molecule has 0 aliphatic heterocycles. The molecule has 3 nitrogen and oxygen atoms in total. The Kier molecular flexibility index (Phi) is 1.68. The molecule has 0 amide bonds. The summed E-state index contributed by atoms with van der Waals surface area (Å²) < 4.78 is 0. The van der Waals surface area contributed by atoms with Gasteiger partial charge in [0.2, 0.25) is 0 Å². The molecule has 0 saturated heterocycles. The van der Waals surface area contributed by atoms with E-state index >= 15 is 0 Å². The van der Waals surface area contributed by atoms with Crippen LogP contribution in [-0.4, -0.2) is 9.97 Å². The van der Waals surface area contributed by atoms with E-state index < -0.39 is 0 Å². The van der Waals surface area contributed by atoms with Crippen molar-refractivity contribution < 1.29 is 0 Å². The van der Waals surface area contributed by atoms with Gasteiger partial charge in [0.1, 0.15) is 5.82 Å². The number of imidazole rings is 1. The summed E-state index contributed by atoms with van der Waals surface area (Å²) in [5.74, 6) is 1.69. The Bertz CT molecular complexity index is 255. The van der Waals surface area contributed by atoms with E-state index in [4.69, 9.17) is 5.73 Å². The Morgan fingerprint density at radius 3 is 3.08 bits per heavy atom. The molecule has 0 unspecified atom stereocenters. The zero-order valence-corrected chi connectivity index (χ0v) is 7.38. The molecule has 2 rings (SSSR count). The van der Waals surface area contributed by atoms with Gasteiger partial charge < -0.3 is 10.7 Å². The van der Waals surface area contributed by atoms with Crippen molar-refractivity contribution in [3.8, 4) is 0 Å². The van der Waals surface area contributed by atoms with Gasteiger partial charge in [-0.1, -0.05) is 6.92 Å². The average Bonchev–Trinajstić information content (AvgIpc) is 2.59. The van der Waals surface area contributed by atoms with Crippen LogP contribution in [-0.2, 0) is 5.54 Å². The van der Waals surface area contributed by atoms with Crippen LogP contribution in [0.15, 0.2) is 12.4 Å². The lowest BCUT2D eigenvalue weighted by Gasteiger charge is -2.20. The predicted octanol–water partition coefficient (Wildman–Crippen LogP) is 1.38. The van der Waals surface area contributed by atoms with Crippen LogP contribution in [0.25, 0.3) is 0 Å². The highest BCUT2D eigenvalue weighted by Crippen LogP contribution is 2.37. The van der Waals surface area contributed by atoms with Crippen molar-refractivity contribution in [1.82, 2.24) is 9.97 Å². The van der Waals surface area contributed by atoms with Gasteiger partial charge in [-0.2, -0.15) is 0 Å². The number of aromatic amines is 1. The predicted molar refractivity (Wildman–Crippen MR) is 47.5 cm³/mol. The van der Waals surface area contributed by atoms with E-state index in [0.717, 1.165) is 24.6 Å². The minimum atomic E-state index is -0.178. The van der Waals surface area contributed by atoms with Crippen LogP contribution in [0.2, 0.25) is 0 Å². The van der Waals surface area contributed by atoms with Gasteiger partial charge >= 0.3 is 0 Å². The first-order valence-corrected chi connectivity index (χ1v) is 4.49. The lowest BCUT2D eigenvalue weighted by molar-refractivity contribution is 0.417. The molecule has 0 aromatic carbocycles. The summed E-state index contributed by atoms with van der Waals surface area (Å²) in [5.41, 5.74) is 6.04. The van der Waals surface area contributed by atoms with Gasteiger partial charge in [-0.25, -0.2) is 4.98 Å². The van der Waals surface area contributed by atoms with E-state index in [1.165, 1.54) is 6.42 Å². The van der Waals surface area contributed by atoms with E-state index in [-0.39, 0.29) is 5.54 Å². The number of hydrogen-bond acceptors (Lipinski definition) is 2. The molecule has 0 radical (unpaired) electrons. The summed E-state index contributed by atoms with van der Waals surface area (Å²) in [6, 6.07) is 0. The third kappa shape index (κ3) is 1.14. The van der Waals surface area contributed by atoms with Crippen molar-refractivity contribution in [2.24, 2.45) is 11.7 Å². The van der Waals surface area contributed by atoms with Gasteiger partial charge in [-0.3, -0.25) is 0 Å². The van der Waals surface area contributed by atoms with Crippen LogP contribution in [0, 0.1) is 5.92 Å². The molecule has 0 spiro atoms. The maximum atomic E-state index is 6.22. The first-order chi connectivity index (χ1) is 5.71. The second-order valence-electron chi connectivity index (χ2n) is 3.94. The summed E-state index contributed by atoms with van der Waals surface area (Å²) in [6.45, 7) is 2.25. The third-order valence-corrected chi connectivity index (χ3v) is 2.77. The van der Waals surface area contributed by atoms with E-state index in [0.29, 0.717) is 0 Å². The fraction of sp³-hybridized carbons (Fsp3) is 0.667. The van der Waals surface area contributed by atoms with Gasteiger partial charge in [0.05, 0.1) is 5.54 Å². The zero-order valence-electron chi connectivity index (χ0n) is 7.38. The molecular weight excluding hydrogens is 150 g/mol. The Balaban J connectivity index is 2.23. The second kappa shape index (κ2) is 2.59. The molecule has 1 aromatic rings. The van der Waals surface area contributed by atoms with Crippen molar-refractivity contribution in [2.45, 2.75) is 31.7 Å². The monoisotopic (exact) mass is 165 g/mol. The summed E-state index contributed by atoms with van der Waals surface area (Å²) in [6.07, 6.45) is 6.94. The van der Waals surface area contributed by atoms with Gasteiger partial charge in [0.15, 0.2) is 0 Å². The quantitative estimate of drug-likeness (QED) is 0.660. The highest BCUT2D eigenvalue weighted by molar-refractivity contribution is 5.08. The van der Waals surface area contributed by atoms with Crippen LogP contribution >= 0.6 is 0 Å². The SMILES string of the molecule is C[C@H]1CC[C@@](N)(c2ncc[nH]2)C1. The van der Waals surface area contributed by atoms with Crippen LogP contribution in [0.5, 0.6) is 0 Å². The number of nitrogens with zero attached hydrogens (tertiary/aromatic N) is 1. The number of nitrogens with one attached hydrogen (secondary N) is 1. The van der Waals surface area contributed by atoms with E-state index in [1.54, 1.807) is 6.20 Å². The second-order valence-corrected chi connectivity index (χ2v) is 3.94. The standard InChI is InChI=1S/C9H15N3/c1-7-2-3-9(10,6-7)8-11-4-5-12-8/h4-5,7H,2-3,6,10H2,1H3,(H,11,12)/t7-,9-/m0/s1. The summed E-state index contributed by atoms with van der Waals surface area (Å²) in [4.78, 5) is 7.33. The zero-order chi connectivity index (χ0) is 8.60. The highest BCUT2D eigenvalue weighted by Gasteiger charge is 2.37. The van der Waals surface area contributed by atoms with Crippen molar-refractivity contribution >= 4 is 0 Å². The first kappa shape index (κ1) is 7.80. The van der Waals surface area contributed by atoms with Crippen LogP contribution < -0.4 is 5.73 Å². The topological polar surface area (TPSA) is 54.7 Å². The van der Waals surface area contributed by atoms with E-state index in [9.17, 15) is 0 Å². The van der Waals surface area contributed by atoms with Crippen molar-refractivity contribution in [3.63, 3.8) is 0 Å². The Hall–Kier alpha value is -0.830. The minimum Gasteiger partial charge on any atom is -0.347 e. The minimum absolute atomic E-state index is 0.178. The lowest BCUT2D eigenvalue weighted by atomic mass is 9.97. The molecule has 12 heavy (non-hydrogen) atoms. The molecule has 3 N–H and O–H groups in total. The normalized spacial score (nSPS) is 35.7. The summed E-state index contributed by atoms with van der Waals surface area (Å²) in [7, 11) is 0. The van der Waals surface area contributed by atoms with Crippen LogP contribution in [0.4, 0.5) is 0 Å². The molecule has 0 bridgehead atoms. The van der Waals surface area contributed by atoms with E-state index in [1.807, 2.05) is 6.20 Å². The smallest absolute Gasteiger partial charge is 0.126 e. The van der Waals surface area contributed by atoms with Crippen molar-refractivity contribution in [3.05, 3.63) is 18.2 Å². The maximum absolute atomic E-state index is 6.22. The molecule has 1 fully saturated rings. The maximum Gasteiger partial charge on any atom is 0.126 e. The van der Waals surface area contributed by atoms with Gasteiger partial charge in [-0.15, -0.1) is 0 Å². The summed E-state index contributed by atoms with van der Waals surface area (Å²) in [5, 5.41) is 0. The number of H-pyrrole nitrogens is 1. The molecule has 3 heteroatoms. The largest absolute Gasteiger partial charge is 0.347 e. The lowest BCUT2D eigenvalue weighted by Crippen LogP contribution is -2.34. The molecule has 1 saturated carbocycles. The summed E-state index contributed by atoms with van der Waals surface area (Å²) >= 11 is 0. The average molecular weight is 165 g/mol. The molecule has 66 valence electrons. The Morgan fingerprint density at radius 2 is 2.58 bits per heavy atom. The van der Waals surface area contributed by atoms with Crippen LogP contribution in [0.1, 0.15) is 32.0 Å². The number of rotatable bonds is 1. The molecule has 1 heterocycles. The van der Waals surface area contributed by atoms with Gasteiger partial charge in [0.25, 0.3) is 0 Å².